The number of carboxylic acid groups (broad SMARTS) is 1. The Bertz CT molecular complexity index is 375. The number of aromatic amines is 1. The van der Waals surface area contributed by atoms with Crippen molar-refractivity contribution in [2.24, 2.45) is 5.73 Å². The Labute approximate surface area is 84.1 Å². The third kappa shape index (κ3) is 2.51. The Morgan fingerprint density at radius 2 is 2.33 bits per heavy atom. The van der Waals surface area contributed by atoms with Gasteiger partial charge in [0, 0.05) is 0 Å². The van der Waals surface area contributed by atoms with Crippen LogP contribution >= 0.6 is 0 Å². The van der Waals surface area contributed by atoms with Crippen LogP contribution in [0.25, 0.3) is 0 Å². The molecule has 0 bridgehead atoms. The Morgan fingerprint density at radius 1 is 1.67 bits per heavy atom. The Hall–Kier alpha value is -1.93. The lowest BCUT2D eigenvalue weighted by Crippen LogP contribution is -2.38. The van der Waals surface area contributed by atoms with E-state index in [2.05, 4.69) is 15.5 Å². The summed E-state index contributed by atoms with van der Waals surface area (Å²) in [5.41, 5.74) is 5.04. The first-order valence-corrected chi connectivity index (χ1v) is 4.00. The fourth-order valence-corrected chi connectivity index (χ4v) is 0.842. The van der Waals surface area contributed by atoms with Crippen LogP contribution in [0.15, 0.2) is 6.20 Å². The van der Waals surface area contributed by atoms with Gasteiger partial charge in [0.1, 0.15) is 17.4 Å². The molecule has 0 aliphatic heterocycles. The van der Waals surface area contributed by atoms with Gasteiger partial charge in [0.25, 0.3) is 0 Å². The second-order valence-corrected chi connectivity index (χ2v) is 2.74. The van der Waals surface area contributed by atoms with E-state index >= 15 is 0 Å². The molecule has 0 radical (unpaired) electrons. The number of aromatic nitrogens is 2. The van der Waals surface area contributed by atoms with Crippen molar-refractivity contribution in [3.63, 3.8) is 0 Å². The van der Waals surface area contributed by atoms with Crippen molar-refractivity contribution in [3.05, 3.63) is 11.8 Å². The summed E-state index contributed by atoms with van der Waals surface area (Å²) in [6.45, 7) is -0.525. The molecule has 1 unspecified atom stereocenters. The molecule has 1 atom stereocenters. The second kappa shape index (κ2) is 4.53. The number of H-pyrrole nitrogens is 1. The molecule has 0 aromatic carbocycles. The van der Waals surface area contributed by atoms with Crippen LogP contribution in [0.4, 0.5) is 5.82 Å². The lowest BCUT2D eigenvalue weighted by atomic mass is 10.3. The van der Waals surface area contributed by atoms with Gasteiger partial charge in [-0.25, -0.2) is 4.79 Å². The predicted octanol–water partition coefficient (Wildman–Crippen LogP) is -1.63. The highest BCUT2D eigenvalue weighted by molar-refractivity contribution is 6.00. The Kier molecular flexibility index (Phi) is 3.37. The molecule has 6 N–H and O–H groups in total. The van der Waals surface area contributed by atoms with E-state index in [9.17, 15) is 9.59 Å². The van der Waals surface area contributed by atoms with Gasteiger partial charge in [-0.1, -0.05) is 0 Å². The lowest BCUT2D eigenvalue weighted by molar-refractivity contribution is -0.118. The Morgan fingerprint density at radius 3 is 2.87 bits per heavy atom. The quantitative estimate of drug-likeness (QED) is 0.407. The number of aromatic carboxylic acids is 1. The predicted molar refractivity (Wildman–Crippen MR) is 49.2 cm³/mol. The smallest absolute Gasteiger partial charge is 0.341 e. The first-order valence-electron chi connectivity index (χ1n) is 4.00. The maximum Gasteiger partial charge on any atom is 0.341 e. The zero-order valence-electron chi connectivity index (χ0n) is 7.60. The number of nitrogens with two attached hydrogens (primary N) is 1. The number of rotatable bonds is 4. The van der Waals surface area contributed by atoms with Gasteiger partial charge in [-0.3, -0.25) is 9.89 Å². The van der Waals surface area contributed by atoms with E-state index in [-0.39, 0.29) is 11.4 Å². The number of hydrogen-bond donors (Lipinski definition) is 5. The summed E-state index contributed by atoms with van der Waals surface area (Å²) in [6.07, 6.45) is 1.06. The lowest BCUT2D eigenvalue weighted by Gasteiger charge is -2.07. The third-order valence-electron chi connectivity index (χ3n) is 1.65. The van der Waals surface area contributed by atoms with Gasteiger partial charge in [0.05, 0.1) is 12.8 Å². The summed E-state index contributed by atoms with van der Waals surface area (Å²) < 4.78 is 0. The molecule has 82 valence electrons. The third-order valence-corrected chi connectivity index (χ3v) is 1.65. The van der Waals surface area contributed by atoms with Crippen LogP contribution in [0, 0.1) is 0 Å². The zero-order valence-corrected chi connectivity index (χ0v) is 7.60. The molecule has 1 amide bonds. The van der Waals surface area contributed by atoms with Crippen LogP contribution in [0.1, 0.15) is 10.4 Å². The average molecular weight is 214 g/mol. The minimum absolute atomic E-state index is 0.0589. The number of carboxylic acids is 1. The molecule has 8 heteroatoms. The summed E-state index contributed by atoms with van der Waals surface area (Å²) in [5, 5.41) is 25.2. The number of amides is 1. The first kappa shape index (κ1) is 11.1. The van der Waals surface area contributed by atoms with Crippen molar-refractivity contribution in [1.82, 2.24) is 10.2 Å². The number of hydrogen-bond acceptors (Lipinski definition) is 5. The number of aliphatic hydroxyl groups excluding tert-OH is 1. The summed E-state index contributed by atoms with van der Waals surface area (Å²) in [6, 6.07) is -1.10. The number of nitrogens with zero attached hydrogens (tertiary/aromatic N) is 1. The minimum Gasteiger partial charge on any atom is -0.477 e. The average Bonchev–Trinajstić information content (AvgIpc) is 2.64. The highest BCUT2D eigenvalue weighted by Crippen LogP contribution is 2.10. The van der Waals surface area contributed by atoms with E-state index in [4.69, 9.17) is 15.9 Å². The Balaban J connectivity index is 2.76. The summed E-state index contributed by atoms with van der Waals surface area (Å²) in [4.78, 5) is 21.8. The standard InChI is InChI=1S/C7H10N4O4/c8-4(2-12)6(13)10-5-3(7(14)15)1-9-11-5/h1,4,12H,2,8H2,(H,14,15)(H2,9,10,11,13). The van der Waals surface area contributed by atoms with Gasteiger partial charge < -0.3 is 21.3 Å². The van der Waals surface area contributed by atoms with Crippen LogP contribution < -0.4 is 11.1 Å². The maximum atomic E-state index is 11.2. The molecule has 1 aromatic rings. The highest BCUT2D eigenvalue weighted by Gasteiger charge is 2.17. The largest absolute Gasteiger partial charge is 0.477 e. The van der Waals surface area contributed by atoms with Gasteiger partial charge in [0.2, 0.25) is 5.91 Å². The SMILES string of the molecule is NC(CO)C(=O)Nc1[nH]ncc1C(=O)O. The van der Waals surface area contributed by atoms with Gasteiger partial charge in [0.15, 0.2) is 0 Å². The molecule has 0 saturated heterocycles. The van der Waals surface area contributed by atoms with Crippen molar-refractivity contribution < 1.29 is 19.8 Å². The molecule has 0 saturated carbocycles. The maximum absolute atomic E-state index is 11.2. The number of carbonyl (C=O) groups is 2. The molecular weight excluding hydrogens is 204 g/mol. The minimum atomic E-state index is -1.23. The zero-order chi connectivity index (χ0) is 11.4. The van der Waals surface area contributed by atoms with Crippen LogP contribution in [-0.4, -0.2) is 44.9 Å². The molecule has 1 rings (SSSR count). The van der Waals surface area contributed by atoms with E-state index in [1.54, 1.807) is 0 Å². The molecule has 0 fully saturated rings. The molecule has 8 nitrogen and oxygen atoms in total. The molecule has 1 aromatic heterocycles. The molecule has 0 spiro atoms. The normalized spacial score (nSPS) is 12.1. The van der Waals surface area contributed by atoms with Crippen LogP contribution in [0.3, 0.4) is 0 Å². The highest BCUT2D eigenvalue weighted by atomic mass is 16.4. The van der Waals surface area contributed by atoms with E-state index < -0.39 is 24.5 Å². The van der Waals surface area contributed by atoms with Crippen molar-refractivity contribution in [1.29, 1.82) is 0 Å². The van der Waals surface area contributed by atoms with E-state index in [0.717, 1.165) is 6.20 Å². The van der Waals surface area contributed by atoms with Gasteiger partial charge in [-0.2, -0.15) is 5.10 Å². The van der Waals surface area contributed by atoms with Crippen LogP contribution in [0.5, 0.6) is 0 Å². The van der Waals surface area contributed by atoms with Gasteiger partial charge >= 0.3 is 5.97 Å². The first-order chi connectivity index (χ1) is 7.06. The summed E-state index contributed by atoms with van der Waals surface area (Å²) in [7, 11) is 0. The van der Waals surface area contributed by atoms with E-state index in [0.29, 0.717) is 0 Å². The number of aliphatic hydroxyl groups is 1. The number of nitrogens with one attached hydrogen (secondary N) is 2. The number of anilines is 1. The van der Waals surface area contributed by atoms with Crippen molar-refractivity contribution in [2.75, 3.05) is 11.9 Å². The number of carbonyl (C=O) groups excluding carboxylic acids is 1. The van der Waals surface area contributed by atoms with E-state index in [1.165, 1.54) is 0 Å². The summed E-state index contributed by atoms with van der Waals surface area (Å²) in [5.74, 6) is -1.97. The van der Waals surface area contributed by atoms with Gasteiger partial charge in [-0.05, 0) is 0 Å². The fourth-order valence-electron chi connectivity index (χ4n) is 0.842. The molecule has 15 heavy (non-hydrogen) atoms. The van der Waals surface area contributed by atoms with Crippen molar-refractivity contribution in [2.45, 2.75) is 6.04 Å². The van der Waals surface area contributed by atoms with Gasteiger partial charge in [-0.15, -0.1) is 0 Å². The topological polar surface area (TPSA) is 141 Å². The van der Waals surface area contributed by atoms with Crippen LogP contribution in [-0.2, 0) is 4.79 Å². The summed E-state index contributed by atoms with van der Waals surface area (Å²) >= 11 is 0. The van der Waals surface area contributed by atoms with Crippen molar-refractivity contribution in [3.8, 4) is 0 Å². The van der Waals surface area contributed by atoms with Crippen LogP contribution in [0.2, 0.25) is 0 Å². The molecular formula is C7H10N4O4. The molecule has 0 aliphatic rings. The molecule has 1 heterocycles. The second-order valence-electron chi connectivity index (χ2n) is 2.74. The van der Waals surface area contributed by atoms with E-state index in [1.807, 2.05) is 0 Å². The van der Waals surface area contributed by atoms with Crippen molar-refractivity contribution >= 4 is 17.7 Å². The fraction of sp³-hybridized carbons (Fsp3) is 0.286. The monoisotopic (exact) mass is 214 g/mol. The molecule has 0 aliphatic carbocycles.